The first-order chi connectivity index (χ1) is 17.6. The fraction of sp³-hybridized carbons (Fsp3) is 0.519. The van der Waals surface area contributed by atoms with Crippen LogP contribution in [-0.4, -0.2) is 39.8 Å². The van der Waals surface area contributed by atoms with Gasteiger partial charge in [0.05, 0.1) is 9.79 Å². The lowest BCUT2D eigenvalue weighted by molar-refractivity contribution is 0.320. The minimum Gasteiger partial charge on any atom is -0.410 e. The monoisotopic (exact) mass is 543 g/mol. The fourth-order valence-corrected chi connectivity index (χ4v) is 9.49. The van der Waals surface area contributed by atoms with Crippen LogP contribution in [0.5, 0.6) is 0 Å². The molecule has 198 valence electrons. The molecule has 3 unspecified atom stereocenters. The molecule has 2 bridgehead atoms. The Bertz CT molecular complexity index is 1480. The quantitative estimate of drug-likeness (QED) is 0.317. The summed E-state index contributed by atoms with van der Waals surface area (Å²) < 4.78 is 58.5. The highest BCUT2D eigenvalue weighted by molar-refractivity contribution is 7.89. The summed E-state index contributed by atoms with van der Waals surface area (Å²) in [5.74, 6) is 1.63. The van der Waals surface area contributed by atoms with E-state index in [1.165, 1.54) is 18.6 Å². The third kappa shape index (κ3) is 4.51. The van der Waals surface area contributed by atoms with Gasteiger partial charge in [0.25, 0.3) is 0 Å². The van der Waals surface area contributed by atoms with Gasteiger partial charge in [-0.3, -0.25) is 0 Å². The Balaban J connectivity index is 1.27. The van der Waals surface area contributed by atoms with E-state index in [0.29, 0.717) is 40.0 Å². The third-order valence-electron chi connectivity index (χ3n) is 8.89. The molecule has 3 N–H and O–H groups in total. The number of fused-ring (bicyclic) bond motifs is 5. The molecule has 2 aromatic rings. The summed E-state index contributed by atoms with van der Waals surface area (Å²) in [6.07, 6.45) is 7.85. The van der Waals surface area contributed by atoms with E-state index in [4.69, 9.17) is 0 Å². The Morgan fingerprint density at radius 2 is 1.35 bits per heavy atom. The van der Waals surface area contributed by atoms with Crippen LogP contribution in [0.3, 0.4) is 0 Å². The maximum atomic E-state index is 13.2. The predicted octanol–water partition coefficient (Wildman–Crippen LogP) is 4.22. The van der Waals surface area contributed by atoms with Crippen molar-refractivity contribution in [3.8, 4) is 11.1 Å². The van der Waals surface area contributed by atoms with Crippen LogP contribution in [0, 0.1) is 17.8 Å². The third-order valence-corrected chi connectivity index (χ3v) is 11.9. The van der Waals surface area contributed by atoms with Crippen molar-refractivity contribution in [2.75, 3.05) is 0 Å². The van der Waals surface area contributed by atoms with Gasteiger partial charge in [0, 0.05) is 23.2 Å². The lowest BCUT2D eigenvalue weighted by Gasteiger charge is -2.26. The van der Waals surface area contributed by atoms with Gasteiger partial charge in [-0.15, -0.1) is 0 Å². The van der Waals surface area contributed by atoms with Crippen LogP contribution < -0.4 is 9.44 Å². The average molecular weight is 544 g/mol. The van der Waals surface area contributed by atoms with Gasteiger partial charge in [-0.1, -0.05) is 30.6 Å². The number of benzene rings is 2. The molecule has 3 saturated carbocycles. The van der Waals surface area contributed by atoms with Crippen LogP contribution in [-0.2, 0) is 20.0 Å². The molecule has 0 saturated heterocycles. The normalized spacial score (nSPS) is 30.0. The second-order valence-electron chi connectivity index (χ2n) is 11.3. The summed E-state index contributed by atoms with van der Waals surface area (Å²) in [4.78, 5) is 0.216. The van der Waals surface area contributed by atoms with Gasteiger partial charge in [-0.05, 0) is 98.1 Å². The van der Waals surface area contributed by atoms with Gasteiger partial charge in [-0.2, -0.15) is 0 Å². The van der Waals surface area contributed by atoms with Crippen molar-refractivity contribution in [3.63, 3.8) is 0 Å². The van der Waals surface area contributed by atoms with E-state index in [-0.39, 0.29) is 27.6 Å². The summed E-state index contributed by atoms with van der Waals surface area (Å²) in [6, 6.07) is 9.44. The Hall–Kier alpha value is -2.27. The number of nitrogens with zero attached hydrogens (tertiary/aromatic N) is 1. The van der Waals surface area contributed by atoms with Crippen LogP contribution in [0.2, 0.25) is 0 Å². The predicted molar refractivity (Wildman–Crippen MR) is 141 cm³/mol. The summed E-state index contributed by atoms with van der Waals surface area (Å²) in [7, 11) is -7.51. The molecule has 10 heteroatoms. The molecular formula is C27H33N3O5S2. The maximum Gasteiger partial charge on any atom is 0.240 e. The first kappa shape index (κ1) is 25.0. The first-order valence-electron chi connectivity index (χ1n) is 13.2. The Kier molecular flexibility index (Phi) is 6.21. The van der Waals surface area contributed by atoms with Gasteiger partial charge in [0.1, 0.15) is 5.71 Å². The van der Waals surface area contributed by atoms with Crippen molar-refractivity contribution >= 4 is 25.8 Å². The summed E-state index contributed by atoms with van der Waals surface area (Å²) >= 11 is 0. The molecule has 3 fully saturated rings. The molecule has 4 aliphatic rings. The highest BCUT2D eigenvalue weighted by Crippen LogP contribution is 2.45. The minimum atomic E-state index is -3.76. The zero-order chi connectivity index (χ0) is 25.9. The standard InChI is InChI=1S/C27H33N3O5S2/c1-16-2-6-19(7-3-16)29-36(32,33)20-8-10-22-23-11-9-21(15-25(23)27(28-31)24(22)14-20)37(34,35)30-26-13-17-4-5-18(26)12-17/h8-11,14-19,26,29-31H,2-7,12-13H2,1H3. The highest BCUT2D eigenvalue weighted by atomic mass is 32.2. The number of hydrogen-bond donors (Lipinski definition) is 3. The van der Waals surface area contributed by atoms with Crippen LogP contribution >= 0.6 is 0 Å². The molecule has 8 nitrogen and oxygen atoms in total. The van der Waals surface area contributed by atoms with E-state index >= 15 is 0 Å². The van der Waals surface area contributed by atoms with Crippen molar-refractivity contribution in [3.05, 3.63) is 47.5 Å². The number of nitrogens with one attached hydrogen (secondary N) is 2. The number of rotatable bonds is 6. The van der Waals surface area contributed by atoms with Gasteiger partial charge < -0.3 is 5.21 Å². The molecule has 0 amide bonds. The molecule has 2 aromatic carbocycles. The van der Waals surface area contributed by atoms with Gasteiger partial charge in [-0.25, -0.2) is 26.3 Å². The summed E-state index contributed by atoms with van der Waals surface area (Å²) in [5.41, 5.74) is 2.52. The van der Waals surface area contributed by atoms with Gasteiger partial charge >= 0.3 is 0 Å². The van der Waals surface area contributed by atoms with Crippen LogP contribution in [0.4, 0.5) is 0 Å². The number of sulfonamides is 2. The van der Waals surface area contributed by atoms with E-state index in [0.717, 1.165) is 44.9 Å². The van der Waals surface area contributed by atoms with E-state index in [1.54, 1.807) is 24.3 Å². The summed E-state index contributed by atoms with van der Waals surface area (Å²) in [6.45, 7) is 2.18. The summed E-state index contributed by atoms with van der Waals surface area (Å²) in [5, 5.41) is 13.4. The van der Waals surface area contributed by atoms with Crippen molar-refractivity contribution < 1.29 is 22.0 Å². The minimum absolute atomic E-state index is 0.0344. The maximum absolute atomic E-state index is 13.2. The van der Waals surface area contributed by atoms with Crippen molar-refractivity contribution in [1.29, 1.82) is 0 Å². The smallest absolute Gasteiger partial charge is 0.240 e. The SMILES string of the molecule is CC1CCC(NS(=O)(=O)c2ccc3c(c2)C(=NO)c2cc(S(=O)(=O)NC4CC5CCC4C5)ccc2-3)CC1. The van der Waals surface area contributed by atoms with Crippen LogP contribution in [0.25, 0.3) is 11.1 Å². The molecule has 4 aliphatic carbocycles. The highest BCUT2D eigenvalue weighted by Gasteiger charge is 2.41. The topological polar surface area (TPSA) is 125 Å². The molecule has 0 aliphatic heterocycles. The van der Waals surface area contributed by atoms with Crippen LogP contribution in [0.1, 0.15) is 69.4 Å². The molecule has 37 heavy (non-hydrogen) atoms. The Labute approximate surface area is 218 Å². The van der Waals surface area contributed by atoms with E-state index < -0.39 is 20.0 Å². The van der Waals surface area contributed by atoms with E-state index in [9.17, 15) is 22.0 Å². The number of hydrogen-bond acceptors (Lipinski definition) is 6. The number of oxime groups is 1. The molecule has 0 aromatic heterocycles. The molecule has 3 atom stereocenters. The molecular weight excluding hydrogens is 510 g/mol. The van der Waals surface area contributed by atoms with Gasteiger partial charge in [0.2, 0.25) is 20.0 Å². The lowest BCUT2D eigenvalue weighted by atomic mass is 9.88. The van der Waals surface area contributed by atoms with Gasteiger partial charge in [0.15, 0.2) is 0 Å². The van der Waals surface area contributed by atoms with Crippen molar-refractivity contribution in [2.24, 2.45) is 22.9 Å². The fourth-order valence-electron chi connectivity index (χ4n) is 6.82. The molecule has 6 rings (SSSR count). The van der Waals surface area contributed by atoms with Crippen molar-refractivity contribution in [2.45, 2.75) is 80.2 Å². The molecule has 0 radical (unpaired) electrons. The van der Waals surface area contributed by atoms with Crippen molar-refractivity contribution in [1.82, 2.24) is 9.44 Å². The molecule has 0 spiro atoms. The Morgan fingerprint density at radius 1 is 0.757 bits per heavy atom. The lowest BCUT2D eigenvalue weighted by Crippen LogP contribution is -2.38. The Morgan fingerprint density at radius 3 is 1.86 bits per heavy atom. The zero-order valence-electron chi connectivity index (χ0n) is 20.9. The zero-order valence-corrected chi connectivity index (χ0v) is 22.5. The van der Waals surface area contributed by atoms with E-state index in [2.05, 4.69) is 21.5 Å². The molecule has 0 heterocycles. The van der Waals surface area contributed by atoms with Crippen LogP contribution in [0.15, 0.2) is 51.3 Å². The second-order valence-corrected chi connectivity index (χ2v) is 14.8. The average Bonchev–Trinajstić information content (AvgIpc) is 3.57. The second kappa shape index (κ2) is 9.18. The first-order valence-corrected chi connectivity index (χ1v) is 16.2. The van der Waals surface area contributed by atoms with E-state index in [1.807, 2.05) is 0 Å². The largest absolute Gasteiger partial charge is 0.410 e.